The number of ether oxygens (including phenoxy) is 1. The molecule has 0 bridgehead atoms. The van der Waals surface area contributed by atoms with Gasteiger partial charge in [0.15, 0.2) is 0 Å². The van der Waals surface area contributed by atoms with Gasteiger partial charge in [-0.25, -0.2) is 4.79 Å². The number of aryl methyl sites for hydroxylation is 1. The van der Waals surface area contributed by atoms with Crippen LogP contribution in [0.15, 0.2) is 66.7 Å². The highest BCUT2D eigenvalue weighted by Gasteiger charge is 2.41. The molecular formula is C35H40N4O5S. The summed E-state index contributed by atoms with van der Waals surface area (Å²) in [5.74, 6) is -1.31. The van der Waals surface area contributed by atoms with Gasteiger partial charge in [0.25, 0.3) is 5.91 Å². The van der Waals surface area contributed by atoms with Gasteiger partial charge in [0.2, 0.25) is 11.8 Å². The van der Waals surface area contributed by atoms with E-state index >= 15 is 0 Å². The number of nitrogens with two attached hydrogens (primary N) is 1. The maximum absolute atomic E-state index is 14.0. The number of methoxy groups -OCH3 is 1. The zero-order valence-electron chi connectivity index (χ0n) is 26.1. The second-order valence-corrected chi connectivity index (χ2v) is 13.6. The van der Waals surface area contributed by atoms with Crippen molar-refractivity contribution < 1.29 is 23.9 Å². The average Bonchev–Trinajstić information content (AvgIpc) is 3.06. The summed E-state index contributed by atoms with van der Waals surface area (Å²) in [6.45, 7) is 4.04. The minimum Gasteiger partial charge on any atom is -0.465 e. The van der Waals surface area contributed by atoms with E-state index in [-0.39, 0.29) is 30.3 Å². The lowest BCUT2D eigenvalue weighted by Crippen LogP contribution is -2.60. The average molecular weight is 629 g/mol. The predicted octanol–water partition coefficient (Wildman–Crippen LogP) is 4.64. The normalized spacial score (nSPS) is 18.2. The lowest BCUT2D eigenvalue weighted by Gasteiger charge is -2.41. The molecule has 3 amide bonds. The molecule has 0 radical (unpaired) electrons. The Morgan fingerprint density at radius 3 is 2.40 bits per heavy atom. The molecule has 1 aliphatic heterocycles. The molecule has 1 aliphatic carbocycles. The summed E-state index contributed by atoms with van der Waals surface area (Å²) < 4.78 is 4.18. The van der Waals surface area contributed by atoms with Crippen molar-refractivity contribution in [1.29, 1.82) is 0 Å². The van der Waals surface area contributed by atoms with Gasteiger partial charge in [-0.2, -0.15) is 11.8 Å². The predicted molar refractivity (Wildman–Crippen MR) is 176 cm³/mol. The van der Waals surface area contributed by atoms with E-state index in [0.29, 0.717) is 23.2 Å². The number of nitrogens with zero attached hydrogens (tertiary/aromatic N) is 1. The topological polar surface area (TPSA) is 131 Å². The fourth-order valence-electron chi connectivity index (χ4n) is 5.98. The smallest absolute Gasteiger partial charge is 0.337 e. The van der Waals surface area contributed by atoms with Crippen LogP contribution in [0.3, 0.4) is 0 Å². The van der Waals surface area contributed by atoms with Crippen LogP contribution >= 0.6 is 11.8 Å². The number of fused-ring (bicyclic) bond motifs is 2. The number of hydrogen-bond acceptors (Lipinski definition) is 7. The van der Waals surface area contributed by atoms with Crippen molar-refractivity contribution in [2.75, 3.05) is 18.7 Å². The van der Waals surface area contributed by atoms with Gasteiger partial charge in [-0.15, -0.1) is 0 Å². The molecule has 0 saturated heterocycles. The number of hydrogen-bond donors (Lipinski definition) is 3. The SMILES string of the molecule is COC(=O)c1ccc(C(=O)Nc2ccc3c(c2)CN(C(=O)C(N)C(C)(C)SC)C(C(=O)NC2CCCc4ccccc42)C3)cc1. The van der Waals surface area contributed by atoms with Crippen molar-refractivity contribution in [2.45, 2.75) is 68.9 Å². The highest BCUT2D eigenvalue weighted by Crippen LogP contribution is 2.33. The van der Waals surface area contributed by atoms with Crippen molar-refractivity contribution in [3.8, 4) is 0 Å². The third-order valence-electron chi connectivity index (χ3n) is 8.98. The van der Waals surface area contributed by atoms with Crippen molar-refractivity contribution >= 4 is 41.1 Å². The highest BCUT2D eigenvalue weighted by atomic mass is 32.2. The van der Waals surface area contributed by atoms with E-state index in [1.54, 1.807) is 23.1 Å². The zero-order valence-corrected chi connectivity index (χ0v) is 26.9. The second-order valence-electron chi connectivity index (χ2n) is 12.1. The monoisotopic (exact) mass is 628 g/mol. The molecule has 5 rings (SSSR count). The van der Waals surface area contributed by atoms with Gasteiger partial charge in [-0.05, 0) is 98.0 Å². The van der Waals surface area contributed by atoms with Crippen LogP contribution < -0.4 is 16.4 Å². The summed E-state index contributed by atoms with van der Waals surface area (Å²) in [4.78, 5) is 54.3. The Labute approximate surface area is 268 Å². The summed E-state index contributed by atoms with van der Waals surface area (Å²) in [5.41, 5.74) is 12.0. The first kappa shape index (κ1) is 32.2. The summed E-state index contributed by atoms with van der Waals surface area (Å²) in [7, 11) is 1.30. The lowest BCUT2D eigenvalue weighted by molar-refractivity contribution is -0.143. The Morgan fingerprint density at radius 2 is 1.69 bits per heavy atom. The van der Waals surface area contributed by atoms with Gasteiger partial charge in [0, 0.05) is 29.0 Å². The molecule has 3 aromatic carbocycles. The quantitative estimate of drug-likeness (QED) is 0.310. The van der Waals surface area contributed by atoms with Crippen molar-refractivity contribution in [1.82, 2.24) is 10.2 Å². The van der Waals surface area contributed by atoms with E-state index in [4.69, 9.17) is 10.5 Å². The van der Waals surface area contributed by atoms with Crippen molar-refractivity contribution in [3.05, 3.63) is 100 Å². The summed E-state index contributed by atoms with van der Waals surface area (Å²) in [5, 5.41) is 6.16. The summed E-state index contributed by atoms with van der Waals surface area (Å²) >= 11 is 1.51. The number of carbonyl (C=O) groups excluding carboxylic acids is 4. The molecule has 2 aliphatic rings. The zero-order chi connectivity index (χ0) is 32.3. The molecule has 4 N–H and O–H groups in total. The number of carbonyl (C=O) groups is 4. The Hall–Kier alpha value is -4.15. The van der Waals surface area contributed by atoms with Crippen LogP contribution in [0.4, 0.5) is 5.69 Å². The van der Waals surface area contributed by atoms with Crippen LogP contribution in [-0.2, 0) is 33.7 Å². The highest BCUT2D eigenvalue weighted by molar-refractivity contribution is 8.00. The molecule has 9 nitrogen and oxygen atoms in total. The summed E-state index contributed by atoms with van der Waals surface area (Å²) in [6, 6.07) is 18.3. The van der Waals surface area contributed by atoms with E-state index < -0.39 is 22.8 Å². The van der Waals surface area contributed by atoms with Gasteiger partial charge < -0.3 is 26.0 Å². The molecule has 45 heavy (non-hydrogen) atoms. The fraction of sp³-hybridized carbons (Fsp3) is 0.371. The van der Waals surface area contributed by atoms with Gasteiger partial charge in [-0.1, -0.05) is 30.3 Å². The number of amides is 3. The number of thioether (sulfide) groups is 1. The molecule has 3 unspecified atom stereocenters. The van der Waals surface area contributed by atoms with E-state index in [1.165, 1.54) is 36.6 Å². The molecule has 10 heteroatoms. The van der Waals surface area contributed by atoms with Crippen LogP contribution in [0.25, 0.3) is 0 Å². The third kappa shape index (κ3) is 6.92. The van der Waals surface area contributed by atoms with Crippen LogP contribution in [0.1, 0.15) is 75.7 Å². The van der Waals surface area contributed by atoms with Crippen LogP contribution in [0.2, 0.25) is 0 Å². The molecule has 0 aromatic heterocycles. The van der Waals surface area contributed by atoms with Crippen LogP contribution in [0, 0.1) is 0 Å². The number of rotatable bonds is 8. The fourth-order valence-corrected chi connectivity index (χ4v) is 6.34. The van der Waals surface area contributed by atoms with Crippen LogP contribution in [0.5, 0.6) is 0 Å². The lowest BCUT2D eigenvalue weighted by atomic mass is 9.87. The van der Waals surface area contributed by atoms with Crippen LogP contribution in [-0.4, -0.2) is 58.8 Å². The minimum atomic E-state index is -0.824. The number of esters is 1. The Balaban J connectivity index is 1.39. The molecule has 0 fully saturated rings. The number of nitrogens with one attached hydrogen (secondary N) is 2. The molecule has 0 saturated carbocycles. The number of anilines is 1. The standard InChI is InChI=1S/C35H40N4O5S/c1-35(2,45-4)30(36)33(42)39-20-25-18-26(37-31(40)22-12-14-23(15-13-22)34(43)44-3)17-16-24(25)19-29(39)32(41)38-28-11-7-9-21-8-5-6-10-27(21)28/h5-6,8,10,12-18,28-30H,7,9,11,19-20,36H2,1-4H3,(H,37,40)(H,38,41). The molecule has 1 heterocycles. The third-order valence-corrected chi connectivity index (χ3v) is 10.3. The first-order valence-corrected chi connectivity index (χ1v) is 16.4. The second kappa shape index (κ2) is 13.5. The number of benzene rings is 3. The molecule has 3 aromatic rings. The van der Waals surface area contributed by atoms with Gasteiger partial charge in [0.1, 0.15) is 6.04 Å². The maximum Gasteiger partial charge on any atom is 0.337 e. The van der Waals surface area contributed by atoms with Gasteiger partial charge >= 0.3 is 5.97 Å². The molecular weight excluding hydrogens is 588 g/mol. The van der Waals surface area contributed by atoms with Gasteiger partial charge in [-0.3, -0.25) is 14.4 Å². The van der Waals surface area contributed by atoms with Crippen molar-refractivity contribution in [3.63, 3.8) is 0 Å². The minimum absolute atomic E-state index is 0.114. The summed E-state index contributed by atoms with van der Waals surface area (Å²) in [6.07, 6.45) is 5.06. The van der Waals surface area contributed by atoms with Gasteiger partial charge in [0.05, 0.1) is 24.8 Å². The van der Waals surface area contributed by atoms with E-state index in [2.05, 4.69) is 22.8 Å². The Kier molecular flexibility index (Phi) is 9.65. The molecule has 3 atom stereocenters. The Bertz CT molecular complexity index is 1610. The Morgan fingerprint density at radius 1 is 0.978 bits per heavy atom. The largest absolute Gasteiger partial charge is 0.465 e. The molecule has 0 spiro atoms. The first-order valence-electron chi connectivity index (χ1n) is 15.1. The van der Waals surface area contributed by atoms with E-state index in [9.17, 15) is 19.2 Å². The molecule has 236 valence electrons. The maximum atomic E-state index is 14.0. The van der Waals surface area contributed by atoms with E-state index in [0.717, 1.165) is 36.0 Å². The first-order chi connectivity index (χ1) is 21.5. The van der Waals surface area contributed by atoms with Crippen molar-refractivity contribution in [2.24, 2.45) is 5.73 Å². The van der Waals surface area contributed by atoms with E-state index in [1.807, 2.05) is 44.4 Å².